The Morgan fingerprint density at radius 2 is 1.65 bits per heavy atom. The molecule has 2 N–H and O–H groups in total. The van der Waals surface area contributed by atoms with Crippen molar-refractivity contribution in [3.05, 3.63) is 35.9 Å². The summed E-state index contributed by atoms with van der Waals surface area (Å²) in [4.78, 5) is 32.3. The Bertz CT molecular complexity index is 424. The highest BCUT2D eigenvalue weighted by Crippen LogP contribution is 2.13. The number of aliphatic carboxylic acids is 2. The van der Waals surface area contributed by atoms with Crippen molar-refractivity contribution in [3.63, 3.8) is 0 Å². The fraction of sp³-hybridized carbons (Fsp3) is 0.250. The second-order valence-electron chi connectivity index (χ2n) is 3.66. The van der Waals surface area contributed by atoms with Crippen LogP contribution in [0.5, 0.6) is 0 Å². The summed E-state index contributed by atoms with van der Waals surface area (Å²) in [7, 11) is 0. The van der Waals surface area contributed by atoms with Gasteiger partial charge in [-0.1, -0.05) is 30.3 Å². The summed E-state index contributed by atoms with van der Waals surface area (Å²) in [5.41, 5.74) is 0.762. The largest absolute Gasteiger partial charge is 0.481 e. The van der Waals surface area contributed by atoms with E-state index >= 15 is 0 Å². The summed E-state index contributed by atoms with van der Waals surface area (Å²) >= 11 is 0. The van der Waals surface area contributed by atoms with Crippen LogP contribution < -0.4 is 0 Å². The Labute approximate surface area is 97.7 Å². The predicted octanol–water partition coefficient (Wildman–Crippen LogP) is 0.974. The molecule has 0 aliphatic carbocycles. The Morgan fingerprint density at radius 3 is 2.12 bits per heavy atom. The van der Waals surface area contributed by atoms with Crippen molar-refractivity contribution in [2.75, 3.05) is 0 Å². The molecule has 5 heteroatoms. The molecule has 0 heterocycles. The molecule has 0 fully saturated rings. The third kappa shape index (κ3) is 4.06. The van der Waals surface area contributed by atoms with Crippen LogP contribution in [-0.2, 0) is 20.8 Å². The van der Waals surface area contributed by atoms with E-state index in [1.165, 1.54) is 0 Å². The van der Waals surface area contributed by atoms with Crippen LogP contribution in [0.25, 0.3) is 0 Å². The second kappa shape index (κ2) is 5.79. The topological polar surface area (TPSA) is 91.7 Å². The van der Waals surface area contributed by atoms with E-state index in [2.05, 4.69) is 0 Å². The van der Waals surface area contributed by atoms with Crippen LogP contribution in [0.2, 0.25) is 0 Å². The lowest BCUT2D eigenvalue weighted by atomic mass is 9.94. The Hall–Kier alpha value is -2.17. The van der Waals surface area contributed by atoms with E-state index in [1.54, 1.807) is 30.3 Å². The van der Waals surface area contributed by atoms with Gasteiger partial charge in [0.15, 0.2) is 0 Å². The van der Waals surface area contributed by atoms with Gasteiger partial charge in [0.2, 0.25) is 5.78 Å². The van der Waals surface area contributed by atoms with Gasteiger partial charge in [-0.05, 0) is 12.0 Å². The van der Waals surface area contributed by atoms with E-state index in [0.29, 0.717) is 0 Å². The molecular formula is C12H12O5. The lowest BCUT2D eigenvalue weighted by molar-refractivity contribution is -0.151. The van der Waals surface area contributed by atoms with Crippen molar-refractivity contribution < 1.29 is 24.6 Å². The number of ketones is 1. The molecule has 1 unspecified atom stereocenters. The molecule has 1 aromatic carbocycles. The van der Waals surface area contributed by atoms with Crippen molar-refractivity contribution in [2.45, 2.75) is 12.8 Å². The average Bonchev–Trinajstić information content (AvgIpc) is 2.29. The highest BCUT2D eigenvalue weighted by atomic mass is 16.4. The molecule has 0 radical (unpaired) electrons. The molecule has 5 nitrogen and oxygen atoms in total. The normalized spacial score (nSPS) is 11.8. The van der Waals surface area contributed by atoms with E-state index in [1.807, 2.05) is 0 Å². The van der Waals surface area contributed by atoms with Gasteiger partial charge in [-0.15, -0.1) is 0 Å². The minimum absolute atomic E-state index is 0.148. The van der Waals surface area contributed by atoms with Crippen molar-refractivity contribution in [3.8, 4) is 0 Å². The van der Waals surface area contributed by atoms with Crippen LogP contribution in [0.4, 0.5) is 0 Å². The van der Waals surface area contributed by atoms with Crippen molar-refractivity contribution >= 4 is 17.7 Å². The molecular weight excluding hydrogens is 224 g/mol. The molecule has 0 saturated heterocycles. The van der Waals surface area contributed by atoms with Gasteiger partial charge in [0.05, 0.1) is 5.92 Å². The van der Waals surface area contributed by atoms with Crippen molar-refractivity contribution in [1.29, 1.82) is 0 Å². The number of rotatable bonds is 6. The molecule has 0 aromatic heterocycles. The second-order valence-corrected chi connectivity index (χ2v) is 3.66. The molecule has 1 rings (SSSR count). The SMILES string of the molecule is O=C(O)C(=O)CC(Cc1ccccc1)C(=O)O. The Morgan fingerprint density at radius 1 is 1.06 bits per heavy atom. The van der Waals surface area contributed by atoms with Gasteiger partial charge in [-0.3, -0.25) is 9.59 Å². The molecule has 0 bridgehead atoms. The third-order valence-corrected chi connectivity index (χ3v) is 2.34. The summed E-state index contributed by atoms with van der Waals surface area (Å²) in [5, 5.41) is 17.4. The first-order valence-corrected chi connectivity index (χ1v) is 5.03. The van der Waals surface area contributed by atoms with E-state index in [4.69, 9.17) is 10.2 Å². The Kier molecular flexibility index (Phi) is 4.39. The zero-order valence-corrected chi connectivity index (χ0v) is 9.00. The van der Waals surface area contributed by atoms with Crippen molar-refractivity contribution in [2.24, 2.45) is 5.92 Å². The van der Waals surface area contributed by atoms with Crippen LogP contribution in [-0.4, -0.2) is 27.9 Å². The third-order valence-electron chi connectivity index (χ3n) is 2.34. The van der Waals surface area contributed by atoms with Gasteiger partial charge in [-0.25, -0.2) is 4.79 Å². The van der Waals surface area contributed by atoms with Crippen molar-refractivity contribution in [1.82, 2.24) is 0 Å². The average molecular weight is 236 g/mol. The van der Waals surface area contributed by atoms with Gasteiger partial charge in [0.25, 0.3) is 0 Å². The van der Waals surface area contributed by atoms with Gasteiger partial charge in [-0.2, -0.15) is 0 Å². The molecule has 0 saturated carbocycles. The number of hydrogen-bond donors (Lipinski definition) is 2. The fourth-order valence-corrected chi connectivity index (χ4v) is 1.46. The van der Waals surface area contributed by atoms with Crippen LogP contribution in [0, 0.1) is 5.92 Å². The van der Waals surface area contributed by atoms with Crippen LogP contribution in [0.3, 0.4) is 0 Å². The molecule has 17 heavy (non-hydrogen) atoms. The molecule has 1 atom stereocenters. The predicted molar refractivity (Wildman–Crippen MR) is 58.5 cm³/mol. The number of carboxylic acid groups (broad SMARTS) is 2. The zero-order chi connectivity index (χ0) is 12.8. The molecule has 0 amide bonds. The maximum atomic E-state index is 11.0. The minimum Gasteiger partial charge on any atom is -0.481 e. The summed E-state index contributed by atoms with van der Waals surface area (Å²) in [6, 6.07) is 8.78. The number of carbonyl (C=O) groups excluding carboxylic acids is 1. The standard InChI is InChI=1S/C12H12O5/c13-10(12(16)17)7-9(11(14)15)6-8-4-2-1-3-5-8/h1-5,9H,6-7H2,(H,14,15)(H,16,17). The highest BCUT2D eigenvalue weighted by molar-refractivity contribution is 6.33. The first-order chi connectivity index (χ1) is 8.00. The molecule has 0 aliphatic heterocycles. The quantitative estimate of drug-likeness (QED) is 0.718. The maximum Gasteiger partial charge on any atom is 0.372 e. The smallest absolute Gasteiger partial charge is 0.372 e. The molecule has 0 spiro atoms. The van der Waals surface area contributed by atoms with Gasteiger partial charge < -0.3 is 10.2 Å². The summed E-state index contributed by atoms with van der Waals surface area (Å²) < 4.78 is 0. The number of Topliss-reactive ketones (excluding diaryl/α,β-unsaturated/α-hetero) is 1. The molecule has 1 aromatic rings. The summed E-state index contributed by atoms with van der Waals surface area (Å²) in [5.74, 6) is -4.83. The van der Waals surface area contributed by atoms with Gasteiger partial charge in [0.1, 0.15) is 0 Å². The molecule has 90 valence electrons. The highest BCUT2D eigenvalue weighted by Gasteiger charge is 2.24. The summed E-state index contributed by atoms with van der Waals surface area (Å²) in [6.45, 7) is 0. The van der Waals surface area contributed by atoms with Crippen LogP contribution in [0.15, 0.2) is 30.3 Å². The lowest BCUT2D eigenvalue weighted by Gasteiger charge is -2.10. The van der Waals surface area contributed by atoms with E-state index < -0.39 is 30.1 Å². The first kappa shape index (κ1) is 12.9. The monoisotopic (exact) mass is 236 g/mol. The van der Waals surface area contributed by atoms with E-state index in [9.17, 15) is 14.4 Å². The zero-order valence-electron chi connectivity index (χ0n) is 9.00. The lowest BCUT2D eigenvalue weighted by Crippen LogP contribution is -2.24. The number of carbonyl (C=O) groups is 3. The van der Waals surface area contributed by atoms with Gasteiger partial charge in [0, 0.05) is 6.42 Å². The van der Waals surface area contributed by atoms with E-state index in [-0.39, 0.29) is 6.42 Å². The minimum atomic E-state index is -1.59. The Balaban J connectivity index is 2.71. The summed E-state index contributed by atoms with van der Waals surface area (Å²) in [6.07, 6.45) is -0.339. The number of hydrogen-bond acceptors (Lipinski definition) is 3. The maximum absolute atomic E-state index is 11.0. The van der Waals surface area contributed by atoms with Crippen LogP contribution in [0.1, 0.15) is 12.0 Å². The van der Waals surface area contributed by atoms with E-state index in [0.717, 1.165) is 5.56 Å². The first-order valence-electron chi connectivity index (χ1n) is 5.03. The fourth-order valence-electron chi connectivity index (χ4n) is 1.46. The van der Waals surface area contributed by atoms with Crippen LogP contribution >= 0.6 is 0 Å². The number of carboxylic acids is 2. The molecule has 0 aliphatic rings. The number of benzene rings is 1. The van der Waals surface area contributed by atoms with Gasteiger partial charge >= 0.3 is 11.9 Å².